The van der Waals surface area contributed by atoms with Crippen LogP contribution in [0.15, 0.2) is 30.3 Å². The lowest BCUT2D eigenvalue weighted by atomic mass is 9.92. The van der Waals surface area contributed by atoms with Gasteiger partial charge in [0.05, 0.1) is 19.5 Å². The molecule has 0 saturated carbocycles. The van der Waals surface area contributed by atoms with E-state index in [1.807, 2.05) is 11.8 Å². The molecule has 0 spiro atoms. The fraction of sp³-hybridized carbons (Fsp3) is 0.455. The van der Waals surface area contributed by atoms with Crippen molar-refractivity contribution in [2.24, 2.45) is 0 Å². The van der Waals surface area contributed by atoms with Gasteiger partial charge in [0, 0.05) is 0 Å². The quantitative estimate of drug-likeness (QED) is 0.580. The molecule has 1 atom stereocenters. The van der Waals surface area contributed by atoms with Crippen molar-refractivity contribution in [2.45, 2.75) is 45.8 Å². The first-order valence-electron chi connectivity index (χ1n) is 8.87. The Morgan fingerprint density at radius 2 is 1.60 bits per heavy atom. The molecule has 0 N–H and O–H groups in total. The maximum absolute atomic E-state index is 5.56. The summed E-state index contributed by atoms with van der Waals surface area (Å²) in [6, 6.07) is 10.9. The number of benzene rings is 2. The van der Waals surface area contributed by atoms with Crippen molar-refractivity contribution in [3.63, 3.8) is 0 Å². The van der Waals surface area contributed by atoms with Crippen LogP contribution in [-0.4, -0.2) is 20.0 Å². The van der Waals surface area contributed by atoms with Crippen LogP contribution in [0, 0.1) is 13.8 Å². The number of ether oxygens (including phenoxy) is 2. The largest absolute Gasteiger partial charge is 0.497 e. The van der Waals surface area contributed by atoms with E-state index >= 15 is 0 Å². The van der Waals surface area contributed by atoms with Gasteiger partial charge in [0.15, 0.2) is 0 Å². The Balaban J connectivity index is 2.58. The standard InChI is InChI=1S/C22H30O2S/c1-8-25-22(21-15(4)11-18(23-6)12-16(21)5)17-9-10-20(24-7)19(13-17)14(2)3/h9-14,22H,8H2,1-7H3. The molecule has 0 fully saturated rings. The van der Waals surface area contributed by atoms with Gasteiger partial charge in [-0.1, -0.05) is 32.9 Å². The van der Waals surface area contributed by atoms with Gasteiger partial charge in [-0.2, -0.15) is 0 Å². The molecule has 2 nitrogen and oxygen atoms in total. The Morgan fingerprint density at radius 1 is 0.960 bits per heavy atom. The summed E-state index contributed by atoms with van der Waals surface area (Å²) >= 11 is 1.98. The number of hydrogen-bond donors (Lipinski definition) is 0. The van der Waals surface area contributed by atoms with Crippen LogP contribution in [0.5, 0.6) is 11.5 Å². The first-order valence-corrected chi connectivity index (χ1v) is 9.92. The van der Waals surface area contributed by atoms with E-state index in [-0.39, 0.29) is 0 Å². The van der Waals surface area contributed by atoms with Gasteiger partial charge in [0.1, 0.15) is 11.5 Å². The first kappa shape index (κ1) is 19.7. The second-order valence-corrected chi connectivity index (χ2v) is 8.05. The van der Waals surface area contributed by atoms with E-state index in [0.29, 0.717) is 11.2 Å². The SMILES string of the molecule is CCSC(c1ccc(OC)c(C(C)C)c1)c1c(C)cc(OC)cc1C. The Labute approximate surface area is 156 Å². The molecule has 0 aliphatic rings. The van der Waals surface area contributed by atoms with Crippen molar-refractivity contribution >= 4 is 11.8 Å². The number of thioether (sulfide) groups is 1. The van der Waals surface area contributed by atoms with Crippen molar-refractivity contribution in [3.8, 4) is 11.5 Å². The van der Waals surface area contributed by atoms with Gasteiger partial charge < -0.3 is 9.47 Å². The van der Waals surface area contributed by atoms with Crippen molar-refractivity contribution in [3.05, 3.63) is 58.1 Å². The van der Waals surface area contributed by atoms with E-state index < -0.39 is 0 Å². The summed E-state index contributed by atoms with van der Waals surface area (Å²) in [7, 11) is 3.47. The zero-order valence-electron chi connectivity index (χ0n) is 16.5. The minimum absolute atomic E-state index is 0.319. The number of methoxy groups -OCH3 is 2. The molecule has 0 heterocycles. The van der Waals surface area contributed by atoms with Gasteiger partial charge in [-0.05, 0) is 71.5 Å². The van der Waals surface area contributed by atoms with Crippen LogP contribution < -0.4 is 9.47 Å². The lowest BCUT2D eigenvalue weighted by molar-refractivity contribution is 0.407. The highest BCUT2D eigenvalue weighted by Crippen LogP contribution is 2.42. The van der Waals surface area contributed by atoms with E-state index in [1.54, 1.807) is 14.2 Å². The third-order valence-electron chi connectivity index (χ3n) is 4.58. The normalized spacial score (nSPS) is 12.3. The zero-order chi connectivity index (χ0) is 18.6. The summed E-state index contributed by atoms with van der Waals surface area (Å²) in [6.45, 7) is 11.0. The molecule has 25 heavy (non-hydrogen) atoms. The van der Waals surface area contributed by atoms with E-state index in [1.165, 1.54) is 27.8 Å². The highest BCUT2D eigenvalue weighted by atomic mass is 32.2. The second-order valence-electron chi connectivity index (χ2n) is 6.67. The Bertz CT molecular complexity index is 699. The maximum Gasteiger partial charge on any atom is 0.122 e. The van der Waals surface area contributed by atoms with E-state index in [0.717, 1.165) is 17.3 Å². The van der Waals surface area contributed by atoms with Gasteiger partial charge >= 0.3 is 0 Å². The highest BCUT2D eigenvalue weighted by Gasteiger charge is 2.21. The molecular formula is C22H30O2S. The Hall–Kier alpha value is -1.61. The van der Waals surface area contributed by atoms with Crippen molar-refractivity contribution in [2.75, 3.05) is 20.0 Å². The lowest BCUT2D eigenvalue weighted by Gasteiger charge is -2.24. The van der Waals surface area contributed by atoms with E-state index in [2.05, 4.69) is 65.0 Å². The van der Waals surface area contributed by atoms with Crippen LogP contribution in [0.2, 0.25) is 0 Å². The van der Waals surface area contributed by atoms with Crippen LogP contribution in [0.4, 0.5) is 0 Å². The van der Waals surface area contributed by atoms with Crippen molar-refractivity contribution in [1.82, 2.24) is 0 Å². The lowest BCUT2D eigenvalue weighted by Crippen LogP contribution is -2.05. The van der Waals surface area contributed by atoms with Crippen LogP contribution in [-0.2, 0) is 0 Å². The summed E-state index contributed by atoms with van der Waals surface area (Å²) in [5.74, 6) is 3.40. The van der Waals surface area contributed by atoms with E-state index in [4.69, 9.17) is 9.47 Å². The van der Waals surface area contributed by atoms with E-state index in [9.17, 15) is 0 Å². The maximum atomic E-state index is 5.56. The molecule has 2 aromatic rings. The first-order chi connectivity index (χ1) is 11.9. The monoisotopic (exact) mass is 358 g/mol. The summed E-state index contributed by atoms with van der Waals surface area (Å²) in [4.78, 5) is 0. The summed E-state index contributed by atoms with van der Waals surface area (Å²) in [5.41, 5.74) is 6.57. The molecule has 2 aromatic carbocycles. The summed E-state index contributed by atoms with van der Waals surface area (Å²) in [6.07, 6.45) is 0. The minimum atomic E-state index is 0.319. The molecule has 0 saturated heterocycles. The van der Waals surface area contributed by atoms with Gasteiger partial charge in [0.2, 0.25) is 0 Å². The molecule has 136 valence electrons. The molecule has 0 bridgehead atoms. The fourth-order valence-corrected chi connectivity index (χ4v) is 4.56. The molecule has 0 aromatic heterocycles. The average molecular weight is 359 g/mol. The molecule has 3 heteroatoms. The van der Waals surface area contributed by atoms with Crippen LogP contribution >= 0.6 is 11.8 Å². The third-order valence-corrected chi connectivity index (χ3v) is 5.75. The van der Waals surface area contributed by atoms with Crippen molar-refractivity contribution < 1.29 is 9.47 Å². The second kappa shape index (κ2) is 8.66. The molecule has 1 unspecified atom stereocenters. The molecular weight excluding hydrogens is 328 g/mol. The number of aryl methyl sites for hydroxylation is 2. The molecule has 0 aliphatic carbocycles. The minimum Gasteiger partial charge on any atom is -0.497 e. The fourth-order valence-electron chi connectivity index (χ4n) is 3.35. The topological polar surface area (TPSA) is 18.5 Å². The van der Waals surface area contributed by atoms with Crippen LogP contribution in [0.3, 0.4) is 0 Å². The van der Waals surface area contributed by atoms with Crippen LogP contribution in [0.25, 0.3) is 0 Å². The van der Waals surface area contributed by atoms with Gasteiger partial charge in [-0.25, -0.2) is 0 Å². The molecule has 0 amide bonds. The van der Waals surface area contributed by atoms with Gasteiger partial charge in [-0.3, -0.25) is 0 Å². The zero-order valence-corrected chi connectivity index (χ0v) is 17.3. The van der Waals surface area contributed by atoms with Crippen molar-refractivity contribution in [1.29, 1.82) is 0 Å². The molecule has 0 radical (unpaired) electrons. The Kier molecular flexibility index (Phi) is 6.83. The number of hydrogen-bond acceptors (Lipinski definition) is 3. The molecule has 0 aliphatic heterocycles. The predicted octanol–water partition coefficient (Wildman–Crippen LogP) is 6.29. The van der Waals surface area contributed by atoms with Gasteiger partial charge in [0.25, 0.3) is 0 Å². The average Bonchev–Trinajstić information content (AvgIpc) is 2.59. The van der Waals surface area contributed by atoms with Crippen LogP contribution in [0.1, 0.15) is 59.8 Å². The predicted molar refractivity (Wildman–Crippen MR) is 110 cm³/mol. The molecule has 2 rings (SSSR count). The Morgan fingerprint density at radius 3 is 2.08 bits per heavy atom. The van der Waals surface area contributed by atoms with Gasteiger partial charge in [-0.15, -0.1) is 11.8 Å². The number of rotatable bonds is 7. The third kappa shape index (κ3) is 4.33. The summed E-state index contributed by atoms with van der Waals surface area (Å²) in [5, 5.41) is 0.319. The smallest absolute Gasteiger partial charge is 0.122 e. The highest BCUT2D eigenvalue weighted by molar-refractivity contribution is 7.99. The summed E-state index contributed by atoms with van der Waals surface area (Å²) < 4.78 is 11.0.